The number of carbonyl (C=O) groups is 1. The van der Waals surface area contributed by atoms with Crippen molar-refractivity contribution in [3.63, 3.8) is 0 Å². The SMILES string of the molecule is COc1ccc(CN(Cc2ccc(OC)cc2OC)c2cc(C)c3ncc(CNC(=O)OC(C)(C)C)cc3n2)c(OC)c1. The van der Waals surface area contributed by atoms with Gasteiger partial charge in [-0.1, -0.05) is 0 Å². The Morgan fingerprint density at radius 3 is 1.93 bits per heavy atom. The lowest BCUT2D eigenvalue weighted by Crippen LogP contribution is -2.32. The largest absolute Gasteiger partial charge is 0.497 e. The average Bonchev–Trinajstić information content (AvgIpc) is 2.98. The molecular weight excluding hydrogens is 548 g/mol. The van der Waals surface area contributed by atoms with E-state index in [0.29, 0.717) is 41.6 Å². The first kappa shape index (κ1) is 31.2. The molecule has 4 rings (SSSR count). The number of benzene rings is 2. The number of nitrogens with one attached hydrogen (secondary N) is 1. The Hall–Kier alpha value is -4.73. The molecule has 0 aliphatic rings. The standard InChI is InChI=1S/C33H40N4O6/c1-21-13-30(36-27-14-22(17-34-31(21)27)18-35-32(38)43-33(2,3)4)37(19-23-9-11-25(39-5)15-28(23)41-7)20-24-10-12-26(40-6)16-29(24)42-8/h9-17H,18-20H2,1-8H3,(H,35,38). The molecule has 2 aromatic carbocycles. The molecule has 2 heterocycles. The van der Waals surface area contributed by atoms with Gasteiger partial charge in [-0.05, 0) is 75.2 Å². The van der Waals surface area contributed by atoms with E-state index in [1.165, 1.54) is 0 Å². The van der Waals surface area contributed by atoms with Crippen LogP contribution in [0, 0.1) is 6.92 Å². The van der Waals surface area contributed by atoms with Crippen LogP contribution in [0.4, 0.5) is 10.6 Å². The van der Waals surface area contributed by atoms with Crippen LogP contribution < -0.4 is 29.2 Å². The van der Waals surface area contributed by atoms with Crippen LogP contribution in [0.25, 0.3) is 11.0 Å². The smallest absolute Gasteiger partial charge is 0.407 e. The van der Waals surface area contributed by atoms with Crippen LogP contribution in [-0.4, -0.2) is 50.1 Å². The Labute approximate surface area is 252 Å². The number of hydrogen-bond acceptors (Lipinski definition) is 9. The van der Waals surface area contributed by atoms with E-state index in [2.05, 4.69) is 15.2 Å². The summed E-state index contributed by atoms with van der Waals surface area (Å²) in [5.74, 6) is 3.59. The van der Waals surface area contributed by atoms with Gasteiger partial charge in [-0.3, -0.25) is 4.98 Å². The van der Waals surface area contributed by atoms with E-state index in [1.807, 2.05) is 76.2 Å². The molecule has 1 N–H and O–H groups in total. The molecule has 10 heteroatoms. The van der Waals surface area contributed by atoms with E-state index in [9.17, 15) is 4.79 Å². The maximum atomic E-state index is 12.2. The number of anilines is 1. The lowest BCUT2D eigenvalue weighted by Gasteiger charge is -2.27. The van der Waals surface area contributed by atoms with Gasteiger partial charge < -0.3 is 33.9 Å². The van der Waals surface area contributed by atoms with Crippen molar-refractivity contribution in [3.05, 3.63) is 77.0 Å². The zero-order chi connectivity index (χ0) is 31.1. The van der Waals surface area contributed by atoms with Crippen molar-refractivity contribution in [1.82, 2.24) is 15.3 Å². The number of carbonyl (C=O) groups excluding carboxylic acids is 1. The molecule has 43 heavy (non-hydrogen) atoms. The van der Waals surface area contributed by atoms with Crippen LogP contribution in [0.15, 0.2) is 54.7 Å². The van der Waals surface area contributed by atoms with Crippen LogP contribution in [0.2, 0.25) is 0 Å². The quantitative estimate of drug-likeness (QED) is 0.219. The van der Waals surface area contributed by atoms with E-state index >= 15 is 0 Å². The summed E-state index contributed by atoms with van der Waals surface area (Å²) in [6.45, 7) is 8.74. The van der Waals surface area contributed by atoms with Gasteiger partial charge in [0.15, 0.2) is 0 Å². The van der Waals surface area contributed by atoms with Crippen molar-refractivity contribution in [2.24, 2.45) is 0 Å². The first-order chi connectivity index (χ1) is 20.5. The summed E-state index contributed by atoms with van der Waals surface area (Å²) in [4.78, 5) is 24.1. The molecule has 0 saturated carbocycles. The number of methoxy groups -OCH3 is 4. The van der Waals surface area contributed by atoms with Crippen LogP contribution in [0.3, 0.4) is 0 Å². The molecule has 0 spiro atoms. The normalized spacial score (nSPS) is 11.2. The highest BCUT2D eigenvalue weighted by Crippen LogP contribution is 2.32. The molecule has 0 bridgehead atoms. The summed E-state index contributed by atoms with van der Waals surface area (Å²) < 4.78 is 27.6. The molecule has 0 atom stereocenters. The molecule has 0 fully saturated rings. The van der Waals surface area contributed by atoms with Gasteiger partial charge in [0, 0.05) is 49.1 Å². The van der Waals surface area contributed by atoms with Crippen LogP contribution in [-0.2, 0) is 24.4 Å². The van der Waals surface area contributed by atoms with Crippen molar-refractivity contribution < 1.29 is 28.5 Å². The van der Waals surface area contributed by atoms with E-state index in [-0.39, 0.29) is 6.54 Å². The summed E-state index contributed by atoms with van der Waals surface area (Å²) in [5.41, 5.74) is 4.62. The van der Waals surface area contributed by atoms with Crippen LogP contribution in [0.1, 0.15) is 43.0 Å². The number of amides is 1. The van der Waals surface area contributed by atoms with Crippen molar-refractivity contribution in [2.75, 3.05) is 33.3 Å². The minimum Gasteiger partial charge on any atom is -0.497 e. The number of rotatable bonds is 11. The summed E-state index contributed by atoms with van der Waals surface area (Å²) in [5, 5.41) is 2.79. The summed E-state index contributed by atoms with van der Waals surface area (Å²) in [7, 11) is 6.55. The number of hydrogen-bond donors (Lipinski definition) is 1. The fraction of sp³-hybridized carbons (Fsp3) is 0.364. The Balaban J connectivity index is 1.73. The number of nitrogens with zero attached hydrogens (tertiary/aromatic N) is 3. The van der Waals surface area contributed by atoms with Gasteiger partial charge in [0.1, 0.15) is 34.4 Å². The Kier molecular flexibility index (Phi) is 9.80. The van der Waals surface area contributed by atoms with E-state index < -0.39 is 11.7 Å². The van der Waals surface area contributed by atoms with Crippen molar-refractivity contribution in [1.29, 1.82) is 0 Å². The second-order valence-corrected chi connectivity index (χ2v) is 11.1. The Bertz CT molecular complexity index is 1530. The summed E-state index contributed by atoms with van der Waals surface area (Å²) >= 11 is 0. The first-order valence-electron chi connectivity index (χ1n) is 13.9. The number of fused-ring (bicyclic) bond motifs is 1. The predicted octanol–water partition coefficient (Wildman–Crippen LogP) is 6.20. The number of aryl methyl sites for hydroxylation is 1. The third kappa shape index (κ3) is 7.97. The third-order valence-electron chi connectivity index (χ3n) is 6.75. The highest BCUT2D eigenvalue weighted by atomic mass is 16.6. The molecule has 0 unspecified atom stereocenters. The number of alkyl carbamates (subject to hydrolysis) is 1. The average molecular weight is 589 g/mol. The van der Waals surface area contributed by atoms with Gasteiger partial charge in [0.2, 0.25) is 0 Å². The van der Waals surface area contributed by atoms with Crippen molar-refractivity contribution >= 4 is 22.9 Å². The maximum absolute atomic E-state index is 12.2. The number of aromatic nitrogens is 2. The molecule has 0 radical (unpaired) electrons. The summed E-state index contributed by atoms with van der Waals surface area (Å²) in [6, 6.07) is 15.5. The topological polar surface area (TPSA) is 104 Å². The molecular formula is C33H40N4O6. The molecule has 10 nitrogen and oxygen atoms in total. The predicted molar refractivity (Wildman–Crippen MR) is 166 cm³/mol. The van der Waals surface area contributed by atoms with Crippen LogP contribution in [0.5, 0.6) is 23.0 Å². The minimum atomic E-state index is -0.581. The van der Waals surface area contributed by atoms with Gasteiger partial charge in [-0.25, -0.2) is 9.78 Å². The lowest BCUT2D eigenvalue weighted by molar-refractivity contribution is 0.0523. The molecule has 0 aliphatic heterocycles. The Morgan fingerprint density at radius 1 is 0.837 bits per heavy atom. The Morgan fingerprint density at radius 2 is 1.42 bits per heavy atom. The zero-order valence-corrected chi connectivity index (χ0v) is 26.1. The maximum Gasteiger partial charge on any atom is 0.407 e. The van der Waals surface area contributed by atoms with E-state index in [1.54, 1.807) is 34.6 Å². The summed E-state index contributed by atoms with van der Waals surface area (Å²) in [6.07, 6.45) is 1.26. The van der Waals surface area contributed by atoms with Gasteiger partial charge in [0.25, 0.3) is 0 Å². The number of ether oxygens (including phenoxy) is 5. The fourth-order valence-corrected chi connectivity index (χ4v) is 4.64. The molecule has 228 valence electrons. The zero-order valence-electron chi connectivity index (χ0n) is 26.1. The minimum absolute atomic E-state index is 0.263. The lowest BCUT2D eigenvalue weighted by atomic mass is 10.1. The van der Waals surface area contributed by atoms with Gasteiger partial charge in [0.05, 0.1) is 39.5 Å². The fourth-order valence-electron chi connectivity index (χ4n) is 4.64. The molecule has 1 amide bonds. The second-order valence-electron chi connectivity index (χ2n) is 11.1. The van der Waals surface area contributed by atoms with Crippen LogP contribution >= 0.6 is 0 Å². The van der Waals surface area contributed by atoms with Gasteiger partial charge in [-0.2, -0.15) is 0 Å². The molecule has 0 saturated heterocycles. The highest BCUT2D eigenvalue weighted by molar-refractivity contribution is 5.80. The molecule has 2 aromatic heterocycles. The van der Waals surface area contributed by atoms with Gasteiger partial charge in [-0.15, -0.1) is 0 Å². The van der Waals surface area contributed by atoms with Crippen molar-refractivity contribution in [2.45, 2.75) is 52.9 Å². The van der Waals surface area contributed by atoms with Crippen molar-refractivity contribution in [3.8, 4) is 23.0 Å². The third-order valence-corrected chi connectivity index (χ3v) is 6.75. The highest BCUT2D eigenvalue weighted by Gasteiger charge is 2.19. The van der Waals surface area contributed by atoms with E-state index in [4.69, 9.17) is 28.7 Å². The van der Waals surface area contributed by atoms with E-state index in [0.717, 1.165) is 33.6 Å². The van der Waals surface area contributed by atoms with Gasteiger partial charge >= 0.3 is 6.09 Å². The second kappa shape index (κ2) is 13.5. The monoisotopic (exact) mass is 588 g/mol. The molecule has 0 aliphatic carbocycles. The molecule has 4 aromatic rings. The first-order valence-corrected chi connectivity index (χ1v) is 13.9. The number of pyridine rings is 2.